The third-order valence-corrected chi connectivity index (χ3v) is 3.09. The number of hydrogen-bond donors (Lipinski definition) is 1. The number of rotatable bonds is 2. The molecule has 0 saturated carbocycles. The van der Waals surface area contributed by atoms with Crippen LogP contribution < -0.4 is 5.32 Å². The first-order chi connectivity index (χ1) is 9.28. The van der Waals surface area contributed by atoms with E-state index in [1.54, 1.807) is 12.1 Å². The highest BCUT2D eigenvalue weighted by Gasteiger charge is 2.22. The lowest BCUT2D eigenvalue weighted by atomic mass is 10.0. The summed E-state index contributed by atoms with van der Waals surface area (Å²) in [5, 5.41) is 2.83. The van der Waals surface area contributed by atoms with Crippen molar-refractivity contribution in [1.82, 2.24) is 0 Å². The van der Waals surface area contributed by atoms with Crippen LogP contribution in [0.15, 0.2) is 48.5 Å². The maximum Gasteiger partial charge on any atom is 0.256 e. The van der Waals surface area contributed by atoms with Crippen LogP contribution in [0.5, 0.6) is 0 Å². The van der Waals surface area contributed by atoms with Gasteiger partial charge >= 0.3 is 0 Å². The zero-order chi connectivity index (χ0) is 13.2. The number of nitrogens with one attached hydrogen (secondary N) is 1. The minimum Gasteiger partial charge on any atom is -0.321 e. The first-order valence-corrected chi connectivity index (χ1v) is 5.95. The van der Waals surface area contributed by atoms with Crippen molar-refractivity contribution in [3.8, 4) is 0 Å². The monoisotopic (exact) mass is 249 g/mol. The van der Waals surface area contributed by atoms with Crippen molar-refractivity contribution in [2.45, 2.75) is 0 Å². The van der Waals surface area contributed by atoms with Crippen LogP contribution in [0.25, 0.3) is 11.6 Å². The molecule has 92 valence electrons. The van der Waals surface area contributed by atoms with Crippen LogP contribution in [0.4, 0.5) is 5.69 Å². The number of carbonyl (C=O) groups is 2. The molecule has 3 nitrogen and oxygen atoms in total. The zero-order valence-corrected chi connectivity index (χ0v) is 10.1. The van der Waals surface area contributed by atoms with Gasteiger partial charge in [0.2, 0.25) is 0 Å². The smallest absolute Gasteiger partial charge is 0.256 e. The van der Waals surface area contributed by atoms with Gasteiger partial charge in [0.15, 0.2) is 0 Å². The second-order valence-corrected chi connectivity index (χ2v) is 4.34. The lowest BCUT2D eigenvalue weighted by Gasteiger charge is -1.98. The van der Waals surface area contributed by atoms with E-state index in [1.807, 2.05) is 42.5 Å². The summed E-state index contributed by atoms with van der Waals surface area (Å²) in [4.78, 5) is 22.5. The van der Waals surface area contributed by atoms with Gasteiger partial charge in [-0.1, -0.05) is 42.5 Å². The number of fused-ring (bicyclic) bond motifs is 1. The zero-order valence-electron chi connectivity index (χ0n) is 10.1. The Bertz CT molecular complexity index is 684. The molecule has 1 aliphatic heterocycles. The van der Waals surface area contributed by atoms with Crippen molar-refractivity contribution >= 4 is 29.5 Å². The number of para-hydroxylation sites is 1. The summed E-state index contributed by atoms with van der Waals surface area (Å²) in [6.07, 6.45) is 2.63. The predicted molar refractivity (Wildman–Crippen MR) is 74.8 cm³/mol. The SMILES string of the molecule is O=Cc1ccc(/C=C2\C(=O)Nc3ccccc32)cc1. The molecule has 1 aliphatic rings. The molecule has 2 aromatic rings. The third kappa shape index (κ3) is 2.06. The number of anilines is 1. The van der Waals surface area contributed by atoms with Crippen molar-refractivity contribution in [2.24, 2.45) is 0 Å². The van der Waals surface area contributed by atoms with E-state index in [0.29, 0.717) is 11.1 Å². The Balaban J connectivity index is 2.03. The highest BCUT2D eigenvalue weighted by molar-refractivity contribution is 6.34. The van der Waals surface area contributed by atoms with Gasteiger partial charge < -0.3 is 5.32 Å². The molecule has 19 heavy (non-hydrogen) atoms. The minimum absolute atomic E-state index is 0.0966. The van der Waals surface area contributed by atoms with E-state index in [2.05, 4.69) is 5.32 Å². The summed E-state index contributed by atoms with van der Waals surface area (Å²) < 4.78 is 0. The lowest BCUT2D eigenvalue weighted by molar-refractivity contribution is -0.110. The quantitative estimate of drug-likeness (QED) is 0.657. The van der Waals surface area contributed by atoms with E-state index in [1.165, 1.54) is 0 Å². The molecule has 0 radical (unpaired) electrons. The first-order valence-electron chi connectivity index (χ1n) is 5.95. The average Bonchev–Trinajstić information content (AvgIpc) is 2.76. The topological polar surface area (TPSA) is 46.2 Å². The Morgan fingerprint density at radius 2 is 1.58 bits per heavy atom. The Morgan fingerprint density at radius 3 is 2.32 bits per heavy atom. The number of amides is 1. The van der Waals surface area contributed by atoms with Crippen molar-refractivity contribution in [2.75, 3.05) is 5.32 Å². The number of hydrogen-bond acceptors (Lipinski definition) is 2. The molecule has 0 atom stereocenters. The molecule has 3 rings (SSSR count). The summed E-state index contributed by atoms with van der Waals surface area (Å²) >= 11 is 0. The molecule has 1 heterocycles. The Hall–Kier alpha value is -2.68. The van der Waals surface area contributed by atoms with Crippen LogP contribution >= 0.6 is 0 Å². The molecule has 0 saturated heterocycles. The maximum absolute atomic E-state index is 11.9. The fourth-order valence-corrected chi connectivity index (χ4v) is 2.12. The second kappa shape index (κ2) is 4.53. The summed E-state index contributed by atoms with van der Waals surface area (Å²) in [6.45, 7) is 0. The van der Waals surface area contributed by atoms with Crippen LogP contribution in [0.1, 0.15) is 21.5 Å². The molecule has 0 unspecified atom stereocenters. The van der Waals surface area contributed by atoms with Gasteiger partial charge in [0.1, 0.15) is 6.29 Å². The van der Waals surface area contributed by atoms with Crippen molar-refractivity contribution in [3.63, 3.8) is 0 Å². The van der Waals surface area contributed by atoms with Gasteiger partial charge in [-0.2, -0.15) is 0 Å². The molecular weight excluding hydrogens is 238 g/mol. The number of carbonyl (C=O) groups excluding carboxylic acids is 2. The highest BCUT2D eigenvalue weighted by Crippen LogP contribution is 2.32. The molecule has 0 bridgehead atoms. The molecule has 1 N–H and O–H groups in total. The van der Waals surface area contributed by atoms with E-state index in [9.17, 15) is 9.59 Å². The van der Waals surface area contributed by atoms with Gasteiger partial charge in [0, 0.05) is 22.4 Å². The Morgan fingerprint density at radius 1 is 0.895 bits per heavy atom. The average molecular weight is 249 g/mol. The summed E-state index contributed by atoms with van der Waals surface area (Å²) in [6, 6.07) is 14.7. The van der Waals surface area contributed by atoms with Crippen molar-refractivity contribution in [1.29, 1.82) is 0 Å². The lowest BCUT2D eigenvalue weighted by Crippen LogP contribution is -2.03. The molecule has 0 spiro atoms. The Labute approximate surface area is 110 Å². The van der Waals surface area contributed by atoms with E-state index >= 15 is 0 Å². The van der Waals surface area contributed by atoms with Gasteiger partial charge in [0.05, 0.1) is 0 Å². The summed E-state index contributed by atoms with van der Waals surface area (Å²) in [5.41, 5.74) is 3.91. The molecule has 1 amide bonds. The normalized spacial score (nSPS) is 15.2. The molecular formula is C16H11NO2. The molecule has 3 heteroatoms. The van der Waals surface area contributed by atoms with Gasteiger partial charge in [-0.05, 0) is 17.7 Å². The fourth-order valence-electron chi connectivity index (χ4n) is 2.12. The van der Waals surface area contributed by atoms with Crippen LogP contribution in [-0.2, 0) is 4.79 Å². The van der Waals surface area contributed by atoms with E-state index in [-0.39, 0.29) is 5.91 Å². The van der Waals surface area contributed by atoms with Gasteiger partial charge in [-0.15, -0.1) is 0 Å². The summed E-state index contributed by atoms with van der Waals surface area (Å²) in [7, 11) is 0. The van der Waals surface area contributed by atoms with Crippen LogP contribution in [0.2, 0.25) is 0 Å². The largest absolute Gasteiger partial charge is 0.321 e. The predicted octanol–water partition coefficient (Wildman–Crippen LogP) is 2.99. The summed E-state index contributed by atoms with van der Waals surface area (Å²) in [5.74, 6) is -0.0966. The van der Waals surface area contributed by atoms with Gasteiger partial charge in [-0.25, -0.2) is 0 Å². The Kier molecular flexibility index (Phi) is 2.72. The number of benzene rings is 2. The van der Waals surface area contributed by atoms with Gasteiger partial charge in [0.25, 0.3) is 5.91 Å². The molecule has 0 aliphatic carbocycles. The second-order valence-electron chi connectivity index (χ2n) is 4.34. The van der Waals surface area contributed by atoms with Crippen LogP contribution in [-0.4, -0.2) is 12.2 Å². The van der Waals surface area contributed by atoms with Crippen LogP contribution in [0, 0.1) is 0 Å². The van der Waals surface area contributed by atoms with E-state index in [0.717, 1.165) is 23.1 Å². The third-order valence-electron chi connectivity index (χ3n) is 3.09. The first kappa shape index (κ1) is 11.4. The molecule has 0 fully saturated rings. The standard InChI is InChI=1S/C16H11NO2/c18-10-12-7-5-11(6-8-12)9-14-13-3-1-2-4-15(13)17-16(14)19/h1-10H,(H,17,19)/b14-9-. The minimum atomic E-state index is -0.0966. The van der Waals surface area contributed by atoms with E-state index in [4.69, 9.17) is 0 Å². The van der Waals surface area contributed by atoms with E-state index < -0.39 is 0 Å². The van der Waals surface area contributed by atoms with Crippen molar-refractivity contribution in [3.05, 3.63) is 65.2 Å². The molecule has 2 aromatic carbocycles. The number of aldehydes is 1. The van der Waals surface area contributed by atoms with Crippen molar-refractivity contribution < 1.29 is 9.59 Å². The maximum atomic E-state index is 11.9. The molecule has 0 aromatic heterocycles. The van der Waals surface area contributed by atoms with Gasteiger partial charge in [-0.3, -0.25) is 9.59 Å². The highest BCUT2D eigenvalue weighted by atomic mass is 16.2. The van der Waals surface area contributed by atoms with Crippen LogP contribution in [0.3, 0.4) is 0 Å². The fraction of sp³-hybridized carbons (Fsp3) is 0.